The van der Waals surface area contributed by atoms with Gasteiger partial charge in [0.05, 0.1) is 0 Å². The van der Waals surface area contributed by atoms with E-state index in [9.17, 15) is 4.79 Å². The molecule has 2 aromatic rings. The van der Waals surface area contributed by atoms with Gasteiger partial charge in [0, 0.05) is 48.7 Å². The van der Waals surface area contributed by atoms with Crippen molar-refractivity contribution in [1.82, 2.24) is 19.9 Å². The van der Waals surface area contributed by atoms with E-state index in [2.05, 4.69) is 14.9 Å². The first-order valence-corrected chi connectivity index (χ1v) is 9.03. The highest BCUT2D eigenvalue weighted by atomic mass is 16.2. The van der Waals surface area contributed by atoms with Crippen molar-refractivity contribution in [2.24, 2.45) is 0 Å². The fourth-order valence-corrected chi connectivity index (χ4v) is 3.69. The molecular weight excluding hydrogens is 314 g/mol. The minimum absolute atomic E-state index is 0.172. The van der Waals surface area contributed by atoms with Gasteiger partial charge in [-0.1, -0.05) is 0 Å². The number of nitrogens with zero attached hydrogens (tertiary/aromatic N) is 5. The van der Waals surface area contributed by atoms with Gasteiger partial charge in [0.15, 0.2) is 5.82 Å². The maximum Gasteiger partial charge on any atom is 0.228 e. The molecule has 2 aliphatic heterocycles. The number of fused-ring (bicyclic) bond motifs is 1. The summed E-state index contributed by atoms with van der Waals surface area (Å²) in [5, 5.41) is 0. The summed E-state index contributed by atoms with van der Waals surface area (Å²) in [6, 6.07) is 3.81. The molecular formula is C19H23N5O. The molecule has 4 heterocycles. The number of pyridine rings is 1. The van der Waals surface area contributed by atoms with Crippen molar-refractivity contribution < 1.29 is 4.79 Å². The van der Waals surface area contributed by atoms with Crippen LogP contribution in [0.4, 0.5) is 5.82 Å². The fraction of sp³-hybridized carbons (Fsp3) is 0.474. The second kappa shape index (κ2) is 6.88. The average Bonchev–Trinajstić information content (AvgIpc) is 3.15. The van der Waals surface area contributed by atoms with Crippen LogP contribution in [0.25, 0.3) is 11.4 Å². The first-order valence-electron chi connectivity index (χ1n) is 9.03. The molecule has 4 rings (SSSR count). The Morgan fingerprint density at radius 2 is 1.80 bits per heavy atom. The van der Waals surface area contributed by atoms with Gasteiger partial charge in [-0.25, -0.2) is 9.97 Å². The molecule has 2 aromatic heterocycles. The monoisotopic (exact) mass is 337 g/mol. The molecule has 0 bridgehead atoms. The van der Waals surface area contributed by atoms with E-state index in [1.165, 1.54) is 12.8 Å². The summed E-state index contributed by atoms with van der Waals surface area (Å²) in [4.78, 5) is 30.4. The molecule has 0 unspecified atom stereocenters. The van der Waals surface area contributed by atoms with Crippen molar-refractivity contribution in [3.63, 3.8) is 0 Å². The Balaban J connectivity index is 1.66. The first-order chi connectivity index (χ1) is 12.2. The Hall–Kier alpha value is -2.34. The normalized spacial score (nSPS) is 17.8. The molecule has 0 atom stereocenters. The molecule has 1 saturated heterocycles. The van der Waals surface area contributed by atoms with Crippen LogP contribution in [-0.4, -0.2) is 51.9 Å². The topological polar surface area (TPSA) is 62.2 Å². The molecule has 25 heavy (non-hydrogen) atoms. The van der Waals surface area contributed by atoms with Gasteiger partial charge in [-0.2, -0.15) is 0 Å². The molecule has 1 amide bonds. The highest BCUT2D eigenvalue weighted by molar-refractivity contribution is 5.95. The number of aryl methyl sites for hydroxylation is 1. The molecule has 2 aliphatic rings. The molecule has 0 aliphatic carbocycles. The van der Waals surface area contributed by atoms with E-state index in [1.54, 1.807) is 12.4 Å². The van der Waals surface area contributed by atoms with E-state index in [-0.39, 0.29) is 5.91 Å². The number of hydrogen-bond acceptors (Lipinski definition) is 5. The zero-order valence-electron chi connectivity index (χ0n) is 14.6. The van der Waals surface area contributed by atoms with Crippen LogP contribution in [0.2, 0.25) is 0 Å². The lowest BCUT2D eigenvalue weighted by atomic mass is 10.0. The van der Waals surface area contributed by atoms with E-state index >= 15 is 0 Å². The molecule has 6 heteroatoms. The van der Waals surface area contributed by atoms with Gasteiger partial charge in [-0.3, -0.25) is 14.7 Å². The second-order valence-electron chi connectivity index (χ2n) is 6.76. The van der Waals surface area contributed by atoms with Crippen molar-refractivity contribution in [3.8, 4) is 11.4 Å². The number of rotatable bonds is 4. The molecule has 0 spiro atoms. The quantitative estimate of drug-likeness (QED) is 0.856. The Labute approximate surface area is 147 Å². The van der Waals surface area contributed by atoms with E-state index in [4.69, 9.17) is 4.98 Å². The molecule has 0 saturated carbocycles. The van der Waals surface area contributed by atoms with Crippen LogP contribution in [0, 0.1) is 6.92 Å². The Morgan fingerprint density at radius 1 is 1.04 bits per heavy atom. The molecule has 0 radical (unpaired) electrons. The number of hydrogen-bond donors (Lipinski definition) is 0. The van der Waals surface area contributed by atoms with Crippen LogP contribution < -0.4 is 4.90 Å². The molecule has 0 N–H and O–H groups in total. The minimum Gasteiger partial charge on any atom is -0.302 e. The third-order valence-electron chi connectivity index (χ3n) is 5.11. The summed E-state index contributed by atoms with van der Waals surface area (Å²) in [5.41, 5.74) is 3.01. The number of carbonyl (C=O) groups is 1. The lowest BCUT2D eigenvalue weighted by Gasteiger charge is -2.30. The van der Waals surface area contributed by atoms with E-state index in [1.807, 2.05) is 24.0 Å². The van der Waals surface area contributed by atoms with Crippen LogP contribution >= 0.6 is 0 Å². The van der Waals surface area contributed by atoms with Gasteiger partial charge in [0.2, 0.25) is 5.91 Å². The Morgan fingerprint density at radius 3 is 2.56 bits per heavy atom. The summed E-state index contributed by atoms with van der Waals surface area (Å²) in [7, 11) is 0. The number of amides is 1. The smallest absolute Gasteiger partial charge is 0.228 e. The Kier molecular flexibility index (Phi) is 4.44. The van der Waals surface area contributed by atoms with Crippen LogP contribution in [0.5, 0.6) is 0 Å². The van der Waals surface area contributed by atoms with Crippen molar-refractivity contribution in [2.45, 2.75) is 32.6 Å². The number of likely N-dealkylation sites (tertiary alicyclic amines) is 1. The van der Waals surface area contributed by atoms with Gasteiger partial charge >= 0.3 is 0 Å². The summed E-state index contributed by atoms with van der Waals surface area (Å²) in [6.45, 7) is 5.91. The minimum atomic E-state index is 0.172. The van der Waals surface area contributed by atoms with Crippen LogP contribution in [0.3, 0.4) is 0 Å². The fourth-order valence-electron chi connectivity index (χ4n) is 3.69. The average molecular weight is 337 g/mol. The molecule has 130 valence electrons. The molecule has 0 aromatic carbocycles. The summed E-state index contributed by atoms with van der Waals surface area (Å²) >= 11 is 0. The van der Waals surface area contributed by atoms with Crippen LogP contribution in [0.15, 0.2) is 24.5 Å². The second-order valence-corrected chi connectivity index (χ2v) is 6.76. The van der Waals surface area contributed by atoms with E-state index < -0.39 is 0 Å². The zero-order valence-corrected chi connectivity index (χ0v) is 14.6. The Bertz CT molecular complexity index is 771. The highest BCUT2D eigenvalue weighted by Crippen LogP contribution is 2.30. The van der Waals surface area contributed by atoms with Gasteiger partial charge in [0.25, 0.3) is 0 Å². The number of aromatic nitrogens is 3. The third-order valence-corrected chi connectivity index (χ3v) is 5.11. The SMILES string of the molecule is Cc1nc(-c2ccncc2)nc2c1CCC(=O)N2CCN1CCCC1. The standard InChI is InChI=1S/C19H23N5O/c1-14-16-4-5-17(25)24(13-12-23-10-2-3-11-23)19(16)22-18(21-14)15-6-8-20-9-7-15/h6-9H,2-5,10-13H2,1H3. The predicted molar refractivity (Wildman–Crippen MR) is 96.3 cm³/mol. The van der Waals surface area contributed by atoms with Gasteiger partial charge in [-0.15, -0.1) is 0 Å². The van der Waals surface area contributed by atoms with Crippen molar-refractivity contribution >= 4 is 11.7 Å². The third kappa shape index (κ3) is 3.26. The van der Waals surface area contributed by atoms with Crippen LogP contribution in [-0.2, 0) is 11.2 Å². The van der Waals surface area contributed by atoms with E-state index in [0.717, 1.165) is 48.7 Å². The van der Waals surface area contributed by atoms with Crippen molar-refractivity contribution in [2.75, 3.05) is 31.1 Å². The van der Waals surface area contributed by atoms with Crippen LogP contribution in [0.1, 0.15) is 30.5 Å². The van der Waals surface area contributed by atoms with Crippen molar-refractivity contribution in [1.29, 1.82) is 0 Å². The highest BCUT2D eigenvalue weighted by Gasteiger charge is 2.28. The zero-order chi connectivity index (χ0) is 17.2. The van der Waals surface area contributed by atoms with Gasteiger partial charge in [0.1, 0.15) is 5.82 Å². The summed E-state index contributed by atoms with van der Waals surface area (Å²) in [5.74, 6) is 1.64. The summed E-state index contributed by atoms with van der Waals surface area (Å²) in [6.07, 6.45) is 7.28. The predicted octanol–water partition coefficient (Wildman–Crippen LogP) is 2.22. The van der Waals surface area contributed by atoms with Gasteiger partial charge < -0.3 is 4.90 Å². The largest absolute Gasteiger partial charge is 0.302 e. The van der Waals surface area contributed by atoms with Gasteiger partial charge in [-0.05, 0) is 51.4 Å². The number of carbonyl (C=O) groups excluding carboxylic acids is 1. The lowest BCUT2D eigenvalue weighted by Crippen LogP contribution is -2.41. The number of anilines is 1. The summed E-state index contributed by atoms with van der Waals surface area (Å²) < 4.78 is 0. The lowest BCUT2D eigenvalue weighted by molar-refractivity contribution is -0.119. The molecule has 6 nitrogen and oxygen atoms in total. The maximum atomic E-state index is 12.6. The molecule has 1 fully saturated rings. The van der Waals surface area contributed by atoms with E-state index in [0.29, 0.717) is 18.8 Å². The first kappa shape index (κ1) is 16.1. The maximum absolute atomic E-state index is 12.6. The van der Waals surface area contributed by atoms with Crippen molar-refractivity contribution in [3.05, 3.63) is 35.8 Å².